The molecule has 1 heterocycles. The Morgan fingerprint density at radius 1 is 1.22 bits per heavy atom. The van der Waals surface area contributed by atoms with Crippen LogP contribution in [-0.2, 0) is 14.8 Å². The van der Waals surface area contributed by atoms with Crippen molar-refractivity contribution in [3.63, 3.8) is 0 Å². The molecule has 2 rings (SSSR count). The normalized spacial score (nSPS) is 21.6. The second-order valence-corrected chi connectivity index (χ2v) is 9.46. The molecule has 8 heteroatoms. The zero-order valence-corrected chi connectivity index (χ0v) is 17.7. The van der Waals surface area contributed by atoms with Gasteiger partial charge < -0.3 is 9.64 Å². The van der Waals surface area contributed by atoms with E-state index in [2.05, 4.69) is 18.7 Å². The van der Waals surface area contributed by atoms with Gasteiger partial charge in [0.1, 0.15) is 0 Å². The molecule has 0 bridgehead atoms. The van der Waals surface area contributed by atoms with Gasteiger partial charge in [0.25, 0.3) is 5.91 Å². The average Bonchev–Trinajstić information content (AvgIpc) is 2.63. The minimum Gasteiger partial charge on any atom is -0.385 e. The number of nitrogens with zero attached hydrogens (tertiary/aromatic N) is 3. The smallest absolute Gasteiger partial charge is 0.254 e. The first kappa shape index (κ1) is 21.8. The van der Waals surface area contributed by atoms with Gasteiger partial charge in [-0.25, -0.2) is 12.7 Å². The van der Waals surface area contributed by atoms with Gasteiger partial charge in [0.05, 0.1) is 4.90 Å². The lowest BCUT2D eigenvalue weighted by molar-refractivity contribution is 0.0270. The Morgan fingerprint density at radius 2 is 1.85 bits per heavy atom. The van der Waals surface area contributed by atoms with Gasteiger partial charge in [0, 0.05) is 65.1 Å². The first-order valence-corrected chi connectivity index (χ1v) is 10.7. The zero-order valence-electron chi connectivity index (χ0n) is 16.9. The van der Waals surface area contributed by atoms with Gasteiger partial charge in [0.2, 0.25) is 10.0 Å². The molecule has 7 nitrogen and oxygen atoms in total. The molecule has 1 amide bonds. The van der Waals surface area contributed by atoms with Crippen molar-refractivity contribution in [1.82, 2.24) is 14.1 Å². The molecule has 0 N–H and O–H groups in total. The van der Waals surface area contributed by atoms with E-state index in [0.717, 1.165) is 23.9 Å². The number of amides is 1. The fourth-order valence-electron chi connectivity index (χ4n) is 3.54. The Labute approximate surface area is 162 Å². The molecule has 0 aliphatic carbocycles. The van der Waals surface area contributed by atoms with E-state index in [-0.39, 0.29) is 22.9 Å². The van der Waals surface area contributed by atoms with Crippen molar-refractivity contribution in [3.8, 4) is 0 Å². The van der Waals surface area contributed by atoms with Gasteiger partial charge in [-0.1, -0.05) is 6.07 Å². The summed E-state index contributed by atoms with van der Waals surface area (Å²) in [6.45, 7) is 7.16. The summed E-state index contributed by atoms with van der Waals surface area (Å²) in [5, 5.41) is 0. The Kier molecular flexibility index (Phi) is 7.39. The monoisotopic (exact) mass is 397 g/mol. The number of benzene rings is 1. The van der Waals surface area contributed by atoms with Crippen molar-refractivity contribution in [2.45, 2.75) is 37.2 Å². The molecule has 2 unspecified atom stereocenters. The number of hydrogen-bond donors (Lipinski definition) is 0. The van der Waals surface area contributed by atoms with Crippen molar-refractivity contribution in [1.29, 1.82) is 0 Å². The second-order valence-electron chi connectivity index (χ2n) is 7.31. The van der Waals surface area contributed by atoms with E-state index in [0.29, 0.717) is 18.7 Å². The highest BCUT2D eigenvalue weighted by Crippen LogP contribution is 2.20. The van der Waals surface area contributed by atoms with E-state index in [1.165, 1.54) is 26.2 Å². The van der Waals surface area contributed by atoms with Gasteiger partial charge >= 0.3 is 0 Å². The lowest BCUT2D eigenvalue weighted by atomic mass is 10.1. The predicted octanol–water partition coefficient (Wildman–Crippen LogP) is 1.51. The Morgan fingerprint density at radius 3 is 2.41 bits per heavy atom. The van der Waals surface area contributed by atoms with Gasteiger partial charge in [-0.15, -0.1) is 0 Å². The molecular weight excluding hydrogens is 366 g/mol. The van der Waals surface area contributed by atoms with E-state index in [1.54, 1.807) is 19.2 Å². The Balaban J connectivity index is 2.13. The maximum atomic E-state index is 13.0. The van der Waals surface area contributed by atoms with Crippen LogP contribution in [-0.4, -0.2) is 88.0 Å². The van der Waals surface area contributed by atoms with Crippen LogP contribution in [0.15, 0.2) is 29.2 Å². The molecule has 1 aromatic rings. The van der Waals surface area contributed by atoms with E-state index in [9.17, 15) is 13.2 Å². The van der Waals surface area contributed by atoms with Gasteiger partial charge in [0.15, 0.2) is 0 Å². The summed E-state index contributed by atoms with van der Waals surface area (Å²) in [5.41, 5.74) is 0.408. The number of carbonyl (C=O) groups excluding carboxylic acids is 1. The predicted molar refractivity (Wildman–Crippen MR) is 105 cm³/mol. The van der Waals surface area contributed by atoms with E-state index >= 15 is 0 Å². The number of methoxy groups -OCH3 is 1. The van der Waals surface area contributed by atoms with Crippen LogP contribution in [0.4, 0.5) is 0 Å². The first-order chi connectivity index (χ1) is 12.7. The minimum absolute atomic E-state index is 0.124. The van der Waals surface area contributed by atoms with Crippen molar-refractivity contribution in [2.75, 3.05) is 47.4 Å². The summed E-state index contributed by atoms with van der Waals surface area (Å²) in [6, 6.07) is 6.77. The molecule has 0 spiro atoms. The minimum atomic E-state index is -3.56. The van der Waals surface area contributed by atoms with E-state index in [1.807, 2.05) is 4.90 Å². The summed E-state index contributed by atoms with van der Waals surface area (Å²) in [4.78, 5) is 17.3. The van der Waals surface area contributed by atoms with E-state index in [4.69, 9.17) is 4.74 Å². The third-order valence-corrected chi connectivity index (χ3v) is 6.82. The highest BCUT2D eigenvalue weighted by molar-refractivity contribution is 7.89. The quantitative estimate of drug-likeness (QED) is 0.652. The van der Waals surface area contributed by atoms with Crippen LogP contribution >= 0.6 is 0 Å². The number of rotatable bonds is 7. The van der Waals surface area contributed by atoms with Crippen molar-refractivity contribution in [2.24, 2.45) is 0 Å². The van der Waals surface area contributed by atoms with Crippen LogP contribution < -0.4 is 0 Å². The molecule has 0 radical (unpaired) electrons. The van der Waals surface area contributed by atoms with Gasteiger partial charge in [-0.05, 0) is 38.5 Å². The fourth-order valence-corrected chi connectivity index (χ4v) is 4.49. The van der Waals surface area contributed by atoms with Crippen molar-refractivity contribution < 1.29 is 17.9 Å². The molecule has 2 atom stereocenters. The van der Waals surface area contributed by atoms with Crippen LogP contribution in [0.1, 0.15) is 30.6 Å². The van der Waals surface area contributed by atoms with Crippen LogP contribution in [0.2, 0.25) is 0 Å². The van der Waals surface area contributed by atoms with Crippen LogP contribution in [0.5, 0.6) is 0 Å². The van der Waals surface area contributed by atoms with Gasteiger partial charge in [-0.2, -0.15) is 0 Å². The molecule has 1 aliphatic heterocycles. The summed E-state index contributed by atoms with van der Waals surface area (Å²) in [7, 11) is 1.10. The average molecular weight is 398 g/mol. The Bertz CT molecular complexity index is 739. The maximum absolute atomic E-state index is 13.0. The number of hydrogen-bond acceptors (Lipinski definition) is 5. The topological polar surface area (TPSA) is 70.2 Å². The lowest BCUT2D eigenvalue weighted by Gasteiger charge is -2.44. The molecule has 27 heavy (non-hydrogen) atoms. The third-order valence-electron chi connectivity index (χ3n) is 5.01. The third kappa shape index (κ3) is 5.07. The molecule has 1 aromatic carbocycles. The molecular formula is C19H31N3O4S. The molecule has 0 aromatic heterocycles. The number of carbonyl (C=O) groups is 1. The fraction of sp³-hybridized carbons (Fsp3) is 0.632. The molecule has 1 saturated heterocycles. The Hall–Kier alpha value is -1.48. The molecule has 1 aliphatic rings. The lowest BCUT2D eigenvalue weighted by Crippen LogP contribution is -2.58. The number of ether oxygens (including phenoxy) is 1. The highest BCUT2D eigenvalue weighted by Gasteiger charge is 2.32. The largest absolute Gasteiger partial charge is 0.385 e. The highest BCUT2D eigenvalue weighted by atomic mass is 32.2. The van der Waals surface area contributed by atoms with Crippen molar-refractivity contribution in [3.05, 3.63) is 29.8 Å². The first-order valence-electron chi connectivity index (χ1n) is 9.25. The van der Waals surface area contributed by atoms with Crippen LogP contribution in [0, 0.1) is 0 Å². The molecule has 1 fully saturated rings. The summed E-state index contributed by atoms with van der Waals surface area (Å²) in [6.07, 6.45) is 0.962. The second kappa shape index (κ2) is 9.14. The van der Waals surface area contributed by atoms with Crippen molar-refractivity contribution >= 4 is 15.9 Å². The maximum Gasteiger partial charge on any atom is 0.254 e. The standard InChI is InChI=1S/C19H31N3O4S/c1-15-13-21(14-16(2)22(15)10-7-11-26-5)19(23)17-8-6-9-18(12-17)27(24,25)20(3)4/h6,8-9,12,15-16H,7,10-11,13-14H2,1-5H3. The summed E-state index contributed by atoms with van der Waals surface area (Å²) in [5.74, 6) is -0.124. The van der Waals surface area contributed by atoms with Crippen LogP contribution in [0.3, 0.4) is 0 Å². The summed E-state index contributed by atoms with van der Waals surface area (Å²) >= 11 is 0. The van der Waals surface area contributed by atoms with E-state index < -0.39 is 10.0 Å². The number of piperazine rings is 1. The zero-order chi connectivity index (χ0) is 20.2. The SMILES string of the molecule is COCCCN1C(C)CN(C(=O)c2cccc(S(=O)(=O)N(C)C)c2)CC1C. The molecule has 152 valence electrons. The molecule has 0 saturated carbocycles. The van der Waals surface area contributed by atoms with Gasteiger partial charge in [-0.3, -0.25) is 9.69 Å². The van der Waals surface area contributed by atoms with Crippen LogP contribution in [0.25, 0.3) is 0 Å². The summed E-state index contributed by atoms with van der Waals surface area (Å²) < 4.78 is 31.0. The number of sulfonamides is 1.